The summed E-state index contributed by atoms with van der Waals surface area (Å²) in [6.07, 6.45) is 8.43. The highest BCUT2D eigenvalue weighted by Gasteiger charge is 2.28. The third-order valence-corrected chi connectivity index (χ3v) is 5.07. The lowest BCUT2D eigenvalue weighted by molar-refractivity contribution is 0.419. The number of benzene rings is 1. The van der Waals surface area contributed by atoms with Gasteiger partial charge in [0.25, 0.3) is 0 Å². The van der Waals surface area contributed by atoms with Crippen LogP contribution in [0.3, 0.4) is 0 Å². The van der Waals surface area contributed by atoms with Gasteiger partial charge in [0, 0.05) is 0 Å². The summed E-state index contributed by atoms with van der Waals surface area (Å²) in [5, 5.41) is 3.36. The van der Waals surface area contributed by atoms with Crippen molar-refractivity contribution < 1.29 is 0 Å². The molecule has 1 N–H and O–H groups in total. The summed E-state index contributed by atoms with van der Waals surface area (Å²) in [4.78, 5) is 0. The van der Waals surface area contributed by atoms with Gasteiger partial charge in [-0.15, -0.1) is 0 Å². The molecule has 0 heterocycles. The lowest BCUT2D eigenvalue weighted by atomic mass is 9.79. The van der Waals surface area contributed by atoms with Crippen molar-refractivity contribution in [1.82, 2.24) is 5.32 Å². The van der Waals surface area contributed by atoms with Crippen LogP contribution in [0.4, 0.5) is 0 Å². The quantitative estimate of drug-likeness (QED) is 0.841. The van der Waals surface area contributed by atoms with E-state index in [0.717, 1.165) is 17.8 Å². The fraction of sp³-hybridized carbons (Fsp3) is 0.647. The van der Waals surface area contributed by atoms with Crippen LogP contribution in [0, 0.1) is 5.92 Å². The summed E-state index contributed by atoms with van der Waals surface area (Å²) in [6.45, 7) is 1.18. The highest BCUT2D eigenvalue weighted by atomic mass is 14.8. The summed E-state index contributed by atoms with van der Waals surface area (Å²) in [5.41, 5.74) is 3.16. The molecule has 1 aromatic carbocycles. The molecule has 18 heavy (non-hydrogen) atoms. The molecular formula is C17H25N. The molecule has 0 aromatic heterocycles. The number of rotatable bonds is 4. The number of hydrogen-bond acceptors (Lipinski definition) is 1. The standard InChI is InChI=1S/C17H25N/c1-18-12-16-6-3-7-17(16)15-10-8-14(9-11-15)13-4-2-5-13/h8-11,13,16-18H,2-7,12H2,1H3. The molecule has 2 fully saturated rings. The minimum atomic E-state index is 0.799. The third-order valence-electron chi connectivity index (χ3n) is 5.07. The molecular weight excluding hydrogens is 218 g/mol. The Morgan fingerprint density at radius 3 is 2.22 bits per heavy atom. The minimum Gasteiger partial charge on any atom is -0.319 e. The van der Waals surface area contributed by atoms with Crippen LogP contribution in [-0.2, 0) is 0 Å². The molecule has 2 unspecified atom stereocenters. The molecule has 2 aliphatic carbocycles. The Morgan fingerprint density at radius 2 is 1.61 bits per heavy atom. The van der Waals surface area contributed by atoms with Gasteiger partial charge in [-0.25, -0.2) is 0 Å². The van der Waals surface area contributed by atoms with Crippen LogP contribution in [0.5, 0.6) is 0 Å². The lowest BCUT2D eigenvalue weighted by Crippen LogP contribution is -2.21. The Hall–Kier alpha value is -0.820. The van der Waals surface area contributed by atoms with E-state index in [0.29, 0.717) is 0 Å². The topological polar surface area (TPSA) is 12.0 Å². The maximum Gasteiger partial charge on any atom is -0.00177 e. The van der Waals surface area contributed by atoms with Gasteiger partial charge in [-0.2, -0.15) is 0 Å². The summed E-state index contributed by atoms with van der Waals surface area (Å²) in [5.74, 6) is 2.52. The average molecular weight is 243 g/mol. The van der Waals surface area contributed by atoms with Gasteiger partial charge in [-0.3, -0.25) is 0 Å². The first kappa shape index (κ1) is 12.2. The third kappa shape index (κ3) is 2.33. The van der Waals surface area contributed by atoms with Crippen LogP contribution >= 0.6 is 0 Å². The van der Waals surface area contributed by atoms with Crippen LogP contribution < -0.4 is 5.32 Å². The molecule has 0 radical (unpaired) electrons. The normalized spacial score (nSPS) is 28.3. The molecule has 0 bridgehead atoms. The molecule has 0 saturated heterocycles. The fourth-order valence-electron chi connectivity index (χ4n) is 3.74. The molecule has 0 aliphatic heterocycles. The van der Waals surface area contributed by atoms with Crippen molar-refractivity contribution in [3.8, 4) is 0 Å². The predicted octanol–water partition coefficient (Wildman–Crippen LogP) is 4.06. The summed E-state index contributed by atoms with van der Waals surface area (Å²) < 4.78 is 0. The molecule has 1 heteroatoms. The summed E-state index contributed by atoms with van der Waals surface area (Å²) >= 11 is 0. The van der Waals surface area contributed by atoms with Crippen molar-refractivity contribution in [1.29, 1.82) is 0 Å². The van der Waals surface area contributed by atoms with E-state index in [1.807, 2.05) is 0 Å². The van der Waals surface area contributed by atoms with E-state index in [1.54, 1.807) is 11.1 Å². The van der Waals surface area contributed by atoms with E-state index in [1.165, 1.54) is 45.1 Å². The molecule has 0 amide bonds. The van der Waals surface area contributed by atoms with Gasteiger partial charge in [0.2, 0.25) is 0 Å². The lowest BCUT2D eigenvalue weighted by Gasteiger charge is -2.26. The second-order valence-electron chi connectivity index (χ2n) is 6.15. The number of nitrogens with one attached hydrogen (secondary N) is 1. The monoisotopic (exact) mass is 243 g/mol. The Bertz CT molecular complexity index is 377. The Balaban J connectivity index is 1.71. The predicted molar refractivity (Wildman–Crippen MR) is 77.0 cm³/mol. The van der Waals surface area contributed by atoms with Gasteiger partial charge < -0.3 is 5.32 Å². The van der Waals surface area contributed by atoms with E-state index >= 15 is 0 Å². The van der Waals surface area contributed by atoms with Crippen molar-refractivity contribution in [3.63, 3.8) is 0 Å². The fourth-order valence-corrected chi connectivity index (χ4v) is 3.74. The van der Waals surface area contributed by atoms with Crippen molar-refractivity contribution >= 4 is 0 Å². The first-order valence-electron chi connectivity index (χ1n) is 7.63. The van der Waals surface area contributed by atoms with Crippen LogP contribution in [-0.4, -0.2) is 13.6 Å². The second-order valence-corrected chi connectivity index (χ2v) is 6.15. The van der Waals surface area contributed by atoms with Gasteiger partial charge in [0.05, 0.1) is 0 Å². The molecule has 2 atom stereocenters. The van der Waals surface area contributed by atoms with Gasteiger partial charge >= 0.3 is 0 Å². The van der Waals surface area contributed by atoms with E-state index in [4.69, 9.17) is 0 Å². The highest BCUT2D eigenvalue weighted by molar-refractivity contribution is 5.29. The van der Waals surface area contributed by atoms with Crippen LogP contribution in [0.15, 0.2) is 24.3 Å². The van der Waals surface area contributed by atoms with Crippen molar-refractivity contribution in [2.24, 2.45) is 5.92 Å². The van der Waals surface area contributed by atoms with E-state index in [2.05, 4.69) is 36.6 Å². The Labute approximate surface area is 111 Å². The van der Waals surface area contributed by atoms with E-state index < -0.39 is 0 Å². The first-order chi connectivity index (χ1) is 8.88. The van der Waals surface area contributed by atoms with Gasteiger partial charge in [0.1, 0.15) is 0 Å². The largest absolute Gasteiger partial charge is 0.319 e. The first-order valence-corrected chi connectivity index (χ1v) is 7.63. The van der Waals surface area contributed by atoms with Crippen molar-refractivity contribution in [3.05, 3.63) is 35.4 Å². The van der Waals surface area contributed by atoms with Crippen LogP contribution in [0.1, 0.15) is 61.5 Å². The van der Waals surface area contributed by atoms with Gasteiger partial charge in [-0.05, 0) is 68.2 Å². The zero-order valence-corrected chi connectivity index (χ0v) is 11.5. The van der Waals surface area contributed by atoms with Crippen LogP contribution in [0.2, 0.25) is 0 Å². The zero-order valence-electron chi connectivity index (χ0n) is 11.5. The number of hydrogen-bond donors (Lipinski definition) is 1. The second kappa shape index (κ2) is 5.44. The van der Waals surface area contributed by atoms with E-state index in [-0.39, 0.29) is 0 Å². The van der Waals surface area contributed by atoms with Gasteiger partial charge in [0.15, 0.2) is 0 Å². The molecule has 3 rings (SSSR count). The Kier molecular flexibility index (Phi) is 3.69. The molecule has 1 nitrogen and oxygen atoms in total. The summed E-state index contributed by atoms with van der Waals surface area (Å²) in [7, 11) is 2.08. The zero-order chi connectivity index (χ0) is 12.4. The average Bonchev–Trinajstić information content (AvgIpc) is 2.77. The van der Waals surface area contributed by atoms with Crippen molar-refractivity contribution in [2.45, 2.75) is 50.4 Å². The SMILES string of the molecule is CNCC1CCCC1c1ccc(C2CCC2)cc1. The van der Waals surface area contributed by atoms with Crippen LogP contribution in [0.25, 0.3) is 0 Å². The van der Waals surface area contributed by atoms with Crippen molar-refractivity contribution in [2.75, 3.05) is 13.6 Å². The van der Waals surface area contributed by atoms with E-state index in [9.17, 15) is 0 Å². The maximum atomic E-state index is 3.36. The minimum absolute atomic E-state index is 0.799. The molecule has 98 valence electrons. The molecule has 1 aromatic rings. The highest BCUT2D eigenvalue weighted by Crippen LogP contribution is 2.41. The summed E-state index contributed by atoms with van der Waals surface area (Å²) in [6, 6.07) is 9.61. The molecule has 2 saturated carbocycles. The smallest absolute Gasteiger partial charge is 0.00177 e. The molecule has 2 aliphatic rings. The molecule has 0 spiro atoms. The maximum absolute atomic E-state index is 3.36. The van der Waals surface area contributed by atoms with Gasteiger partial charge in [-0.1, -0.05) is 37.1 Å². The Morgan fingerprint density at radius 1 is 0.944 bits per heavy atom.